The fourth-order valence-electron chi connectivity index (χ4n) is 2.24. The van der Waals surface area contributed by atoms with Gasteiger partial charge in [0.25, 0.3) is 0 Å². The fourth-order valence-corrected chi connectivity index (χ4v) is 2.24. The second-order valence-electron chi connectivity index (χ2n) is 6.45. The molecule has 1 aromatic carbocycles. The van der Waals surface area contributed by atoms with Gasteiger partial charge in [-0.1, -0.05) is 12.1 Å². The molecule has 0 fully saturated rings. The summed E-state index contributed by atoms with van der Waals surface area (Å²) in [4.78, 5) is 11.9. The number of benzene rings is 1. The number of nitrogens with two attached hydrogens (primary N) is 1. The van der Waals surface area contributed by atoms with Crippen LogP contribution in [0.2, 0.25) is 0 Å². The molecule has 0 unspecified atom stereocenters. The predicted octanol–water partition coefficient (Wildman–Crippen LogP) is 2.59. The fraction of sp³-hybridized carbons (Fsp3) is 0.533. The maximum Gasteiger partial charge on any atom is 0.234 e. The summed E-state index contributed by atoms with van der Waals surface area (Å²) in [5.41, 5.74) is 8.72. The Kier molecular flexibility index (Phi) is 2.98. The number of rotatable bonds is 3. The number of nitrogens with one attached hydrogen (secondary N) is 1. The highest BCUT2D eigenvalue weighted by Gasteiger charge is 2.38. The maximum absolute atomic E-state index is 11.9. The Bertz CT molecular complexity index is 484. The summed E-state index contributed by atoms with van der Waals surface area (Å²) in [6.45, 7) is 8.00. The van der Waals surface area contributed by atoms with E-state index in [9.17, 15) is 4.79 Å². The average molecular weight is 246 g/mol. The lowest BCUT2D eigenvalue weighted by atomic mass is 9.84. The number of fused-ring (bicyclic) bond motifs is 1. The van der Waals surface area contributed by atoms with Crippen molar-refractivity contribution < 1.29 is 4.79 Å². The summed E-state index contributed by atoms with van der Waals surface area (Å²) >= 11 is 0. The van der Waals surface area contributed by atoms with Crippen LogP contribution in [0.1, 0.15) is 45.2 Å². The third-order valence-electron chi connectivity index (χ3n) is 3.63. The molecule has 0 spiro atoms. The molecule has 18 heavy (non-hydrogen) atoms. The van der Waals surface area contributed by atoms with Gasteiger partial charge in [-0.3, -0.25) is 4.79 Å². The molecule has 0 atom stereocenters. The van der Waals surface area contributed by atoms with Crippen molar-refractivity contribution in [2.75, 3.05) is 5.32 Å². The van der Waals surface area contributed by atoms with E-state index in [4.69, 9.17) is 5.73 Å². The lowest BCUT2D eigenvalue weighted by molar-refractivity contribution is -0.119. The summed E-state index contributed by atoms with van der Waals surface area (Å²) in [6, 6.07) is 6.21. The van der Waals surface area contributed by atoms with E-state index in [0.717, 1.165) is 24.1 Å². The van der Waals surface area contributed by atoms with Crippen LogP contribution in [0.3, 0.4) is 0 Å². The molecule has 0 saturated heterocycles. The van der Waals surface area contributed by atoms with Gasteiger partial charge in [-0.25, -0.2) is 0 Å². The number of hydrogen-bond donors (Lipinski definition) is 2. The zero-order valence-corrected chi connectivity index (χ0v) is 11.6. The van der Waals surface area contributed by atoms with Crippen LogP contribution in [-0.4, -0.2) is 11.4 Å². The number of anilines is 1. The molecule has 0 aromatic heterocycles. The van der Waals surface area contributed by atoms with Crippen molar-refractivity contribution >= 4 is 11.6 Å². The Morgan fingerprint density at radius 1 is 1.33 bits per heavy atom. The molecule has 3 heteroatoms. The zero-order valence-electron chi connectivity index (χ0n) is 11.6. The van der Waals surface area contributed by atoms with Crippen LogP contribution in [0.25, 0.3) is 0 Å². The summed E-state index contributed by atoms with van der Waals surface area (Å²) in [5.74, 6) is 0.0776. The van der Waals surface area contributed by atoms with Crippen molar-refractivity contribution in [2.24, 2.45) is 5.73 Å². The Morgan fingerprint density at radius 3 is 2.61 bits per heavy atom. The largest absolute Gasteiger partial charge is 0.326 e. The minimum absolute atomic E-state index is 0.0776. The summed E-state index contributed by atoms with van der Waals surface area (Å²) < 4.78 is 0. The third-order valence-corrected chi connectivity index (χ3v) is 3.63. The molecule has 0 bridgehead atoms. The average Bonchev–Trinajstić information content (AvgIpc) is 2.47. The molecule has 1 aliphatic heterocycles. The van der Waals surface area contributed by atoms with Crippen LogP contribution in [-0.2, 0) is 16.6 Å². The van der Waals surface area contributed by atoms with Gasteiger partial charge in [-0.05, 0) is 57.7 Å². The molecule has 1 aromatic rings. The van der Waals surface area contributed by atoms with Gasteiger partial charge in [0.2, 0.25) is 5.91 Å². The minimum Gasteiger partial charge on any atom is -0.326 e. The Balaban J connectivity index is 2.24. The van der Waals surface area contributed by atoms with Gasteiger partial charge in [-0.2, -0.15) is 0 Å². The Morgan fingerprint density at radius 2 is 2.00 bits per heavy atom. The Labute approximate surface area is 109 Å². The lowest BCUT2D eigenvalue weighted by Crippen LogP contribution is -2.32. The van der Waals surface area contributed by atoms with E-state index in [1.807, 2.05) is 33.8 Å². The van der Waals surface area contributed by atoms with Gasteiger partial charge in [0.15, 0.2) is 0 Å². The maximum atomic E-state index is 11.9. The van der Waals surface area contributed by atoms with Gasteiger partial charge in [0.05, 0.1) is 5.41 Å². The molecule has 3 nitrogen and oxygen atoms in total. The first kappa shape index (κ1) is 13.1. The third kappa shape index (κ3) is 2.41. The highest BCUT2D eigenvalue weighted by molar-refractivity contribution is 6.05. The lowest BCUT2D eigenvalue weighted by Gasteiger charge is -2.19. The van der Waals surface area contributed by atoms with Crippen LogP contribution in [0.5, 0.6) is 0 Å². The molecule has 98 valence electrons. The number of amides is 1. The van der Waals surface area contributed by atoms with Gasteiger partial charge in [0, 0.05) is 11.2 Å². The van der Waals surface area contributed by atoms with Crippen LogP contribution >= 0.6 is 0 Å². The van der Waals surface area contributed by atoms with Gasteiger partial charge >= 0.3 is 0 Å². The summed E-state index contributed by atoms with van der Waals surface area (Å²) in [5, 5.41) is 2.92. The van der Waals surface area contributed by atoms with E-state index >= 15 is 0 Å². The van der Waals surface area contributed by atoms with Crippen molar-refractivity contribution in [1.82, 2.24) is 0 Å². The van der Waals surface area contributed by atoms with Crippen molar-refractivity contribution in [1.29, 1.82) is 0 Å². The van der Waals surface area contributed by atoms with Crippen LogP contribution in [0.15, 0.2) is 18.2 Å². The van der Waals surface area contributed by atoms with Crippen LogP contribution < -0.4 is 11.1 Å². The topological polar surface area (TPSA) is 55.1 Å². The SMILES string of the molecule is CC(C)(N)CCc1ccc2c(c1)C(C)(C)C(=O)N2. The second kappa shape index (κ2) is 4.09. The van der Waals surface area contributed by atoms with Crippen LogP contribution in [0, 0.1) is 0 Å². The van der Waals surface area contributed by atoms with Crippen molar-refractivity contribution in [3.8, 4) is 0 Å². The first-order valence-electron chi connectivity index (χ1n) is 6.44. The molecule has 0 radical (unpaired) electrons. The van der Waals surface area contributed by atoms with E-state index in [2.05, 4.69) is 17.4 Å². The first-order valence-corrected chi connectivity index (χ1v) is 6.44. The molecule has 0 saturated carbocycles. The highest BCUT2D eigenvalue weighted by Crippen LogP contribution is 2.37. The quantitative estimate of drug-likeness (QED) is 0.861. The van der Waals surface area contributed by atoms with Crippen molar-refractivity contribution in [3.63, 3.8) is 0 Å². The summed E-state index contributed by atoms with van der Waals surface area (Å²) in [7, 11) is 0. The first-order chi connectivity index (χ1) is 8.20. The normalized spacial score (nSPS) is 17.5. The molecule has 3 N–H and O–H groups in total. The summed E-state index contributed by atoms with van der Waals surface area (Å²) in [6.07, 6.45) is 1.88. The van der Waals surface area contributed by atoms with Gasteiger partial charge in [-0.15, -0.1) is 0 Å². The molecule has 0 aliphatic carbocycles. The monoisotopic (exact) mass is 246 g/mol. The smallest absolute Gasteiger partial charge is 0.234 e. The van der Waals surface area contributed by atoms with Crippen LogP contribution in [0.4, 0.5) is 5.69 Å². The molecular weight excluding hydrogens is 224 g/mol. The van der Waals surface area contributed by atoms with Crippen molar-refractivity contribution in [2.45, 2.75) is 51.5 Å². The van der Waals surface area contributed by atoms with E-state index in [-0.39, 0.29) is 11.4 Å². The highest BCUT2D eigenvalue weighted by atomic mass is 16.2. The predicted molar refractivity (Wildman–Crippen MR) is 74.7 cm³/mol. The van der Waals surface area contributed by atoms with Crippen molar-refractivity contribution in [3.05, 3.63) is 29.3 Å². The number of hydrogen-bond acceptors (Lipinski definition) is 2. The molecule has 2 rings (SSSR count). The Hall–Kier alpha value is -1.35. The van der Waals surface area contributed by atoms with Gasteiger partial charge < -0.3 is 11.1 Å². The molecule has 1 heterocycles. The molecular formula is C15H22N2O. The van der Waals surface area contributed by atoms with E-state index < -0.39 is 5.41 Å². The minimum atomic E-state index is -0.427. The zero-order chi connectivity index (χ0) is 13.6. The molecule has 1 amide bonds. The van der Waals surface area contributed by atoms with E-state index in [1.54, 1.807) is 0 Å². The number of carbonyl (C=O) groups is 1. The second-order valence-corrected chi connectivity index (χ2v) is 6.45. The standard InChI is InChI=1S/C15H22N2O/c1-14(2,16)8-7-10-5-6-12-11(9-10)15(3,4)13(18)17-12/h5-6,9H,7-8,16H2,1-4H3,(H,17,18). The van der Waals surface area contributed by atoms with E-state index in [0.29, 0.717) is 0 Å². The molecule has 1 aliphatic rings. The van der Waals surface area contributed by atoms with E-state index in [1.165, 1.54) is 5.56 Å². The number of aryl methyl sites for hydroxylation is 1. The van der Waals surface area contributed by atoms with Gasteiger partial charge in [0.1, 0.15) is 0 Å². The number of carbonyl (C=O) groups excluding carboxylic acids is 1.